The third-order valence-electron chi connectivity index (χ3n) is 2.45. The largest absolute Gasteiger partial charge is 0.481 e. The Bertz CT molecular complexity index is 318. The van der Waals surface area contributed by atoms with E-state index in [1.165, 1.54) is 0 Å². The maximum Gasteiger partial charge on any atom is 0.403 e. The maximum absolute atomic E-state index is 12.4. The lowest BCUT2D eigenvalue weighted by molar-refractivity contribution is -0.193. The highest BCUT2D eigenvalue weighted by Gasteiger charge is 2.45. The number of halogens is 3. The maximum atomic E-state index is 12.4. The van der Waals surface area contributed by atoms with Gasteiger partial charge in [-0.05, 0) is 12.3 Å². The van der Waals surface area contributed by atoms with E-state index in [0.29, 0.717) is 0 Å². The SMILES string of the molecule is COC(=O)C(CC(C)C)NCC(C(=O)O)C(F)(F)F. The standard InChI is InChI=1S/C11H18F3NO4/c1-6(2)4-8(10(18)19-3)15-5-7(9(16)17)11(12,13)14/h6-8,15H,4-5H2,1-3H3,(H,16,17). The molecule has 0 aromatic rings. The van der Waals surface area contributed by atoms with Crippen molar-refractivity contribution in [2.75, 3.05) is 13.7 Å². The van der Waals surface area contributed by atoms with Crippen molar-refractivity contribution in [3.8, 4) is 0 Å². The van der Waals surface area contributed by atoms with Crippen LogP contribution >= 0.6 is 0 Å². The predicted octanol–water partition coefficient (Wildman–Crippen LogP) is 1.43. The Morgan fingerprint density at radius 1 is 1.32 bits per heavy atom. The summed E-state index contributed by atoms with van der Waals surface area (Å²) in [6.45, 7) is 2.71. The van der Waals surface area contributed by atoms with Crippen molar-refractivity contribution in [3.05, 3.63) is 0 Å². The summed E-state index contributed by atoms with van der Waals surface area (Å²) in [5, 5.41) is 10.8. The van der Waals surface area contributed by atoms with Gasteiger partial charge in [0.15, 0.2) is 5.92 Å². The van der Waals surface area contributed by atoms with E-state index >= 15 is 0 Å². The molecule has 0 fully saturated rings. The van der Waals surface area contributed by atoms with Crippen molar-refractivity contribution in [3.63, 3.8) is 0 Å². The Labute approximate surface area is 109 Å². The van der Waals surface area contributed by atoms with Crippen LogP contribution in [-0.2, 0) is 14.3 Å². The van der Waals surface area contributed by atoms with E-state index in [9.17, 15) is 22.8 Å². The number of carboxylic acid groups (broad SMARTS) is 1. The van der Waals surface area contributed by atoms with Gasteiger partial charge in [-0.25, -0.2) is 0 Å². The second-order valence-electron chi connectivity index (χ2n) is 4.55. The van der Waals surface area contributed by atoms with Crippen molar-refractivity contribution in [1.82, 2.24) is 5.32 Å². The minimum Gasteiger partial charge on any atom is -0.481 e. The molecule has 0 aliphatic heterocycles. The molecule has 2 N–H and O–H groups in total. The molecule has 2 atom stereocenters. The highest BCUT2D eigenvalue weighted by Crippen LogP contribution is 2.26. The molecule has 112 valence electrons. The van der Waals surface area contributed by atoms with Crippen LogP contribution in [0.5, 0.6) is 0 Å². The molecule has 2 unspecified atom stereocenters. The molecule has 0 aromatic carbocycles. The molecule has 0 saturated heterocycles. The first-order valence-electron chi connectivity index (χ1n) is 5.70. The Morgan fingerprint density at radius 3 is 2.16 bits per heavy atom. The molecule has 19 heavy (non-hydrogen) atoms. The third kappa shape index (κ3) is 6.42. The van der Waals surface area contributed by atoms with E-state index < -0.39 is 36.6 Å². The summed E-state index contributed by atoms with van der Waals surface area (Å²) < 4.78 is 41.8. The summed E-state index contributed by atoms with van der Waals surface area (Å²) in [5.41, 5.74) is 0. The predicted molar refractivity (Wildman–Crippen MR) is 60.4 cm³/mol. The van der Waals surface area contributed by atoms with Crippen LogP contribution in [0.1, 0.15) is 20.3 Å². The van der Waals surface area contributed by atoms with Crippen LogP contribution < -0.4 is 5.32 Å². The molecule has 0 aliphatic rings. The highest BCUT2D eigenvalue weighted by molar-refractivity contribution is 5.76. The summed E-state index contributed by atoms with van der Waals surface area (Å²) in [6, 6.07) is -0.950. The lowest BCUT2D eigenvalue weighted by Gasteiger charge is -2.22. The van der Waals surface area contributed by atoms with Crippen molar-refractivity contribution >= 4 is 11.9 Å². The molecule has 0 amide bonds. The van der Waals surface area contributed by atoms with Gasteiger partial charge in [0.1, 0.15) is 6.04 Å². The fraction of sp³-hybridized carbons (Fsp3) is 0.818. The zero-order valence-corrected chi connectivity index (χ0v) is 11.0. The topological polar surface area (TPSA) is 75.6 Å². The Balaban J connectivity index is 4.68. The molecular formula is C11H18F3NO4. The van der Waals surface area contributed by atoms with E-state index in [1.807, 2.05) is 0 Å². The van der Waals surface area contributed by atoms with Crippen LogP contribution in [0.15, 0.2) is 0 Å². The summed E-state index contributed by atoms with van der Waals surface area (Å²) in [6.07, 6.45) is -4.60. The van der Waals surface area contributed by atoms with Gasteiger partial charge in [-0.2, -0.15) is 13.2 Å². The fourth-order valence-corrected chi connectivity index (χ4v) is 1.48. The lowest BCUT2D eigenvalue weighted by atomic mass is 10.0. The summed E-state index contributed by atoms with van der Waals surface area (Å²) in [4.78, 5) is 21.9. The van der Waals surface area contributed by atoms with Gasteiger partial charge in [-0.1, -0.05) is 13.8 Å². The number of carbonyl (C=O) groups is 2. The first-order valence-corrected chi connectivity index (χ1v) is 5.70. The van der Waals surface area contributed by atoms with Crippen LogP contribution in [0, 0.1) is 11.8 Å². The number of ether oxygens (including phenoxy) is 1. The number of hydrogen-bond donors (Lipinski definition) is 2. The smallest absolute Gasteiger partial charge is 0.403 e. The van der Waals surface area contributed by atoms with Crippen LogP contribution in [0.3, 0.4) is 0 Å². The Kier molecular flexibility index (Phi) is 6.82. The van der Waals surface area contributed by atoms with Gasteiger partial charge in [0.2, 0.25) is 0 Å². The number of esters is 1. The molecule has 0 heterocycles. The normalized spacial score (nSPS) is 15.1. The Morgan fingerprint density at radius 2 is 1.84 bits per heavy atom. The van der Waals surface area contributed by atoms with Gasteiger partial charge in [0.05, 0.1) is 7.11 Å². The molecule has 0 radical (unpaired) electrons. The number of hydrogen-bond acceptors (Lipinski definition) is 4. The van der Waals surface area contributed by atoms with E-state index in [-0.39, 0.29) is 12.3 Å². The zero-order valence-electron chi connectivity index (χ0n) is 11.0. The van der Waals surface area contributed by atoms with Crippen LogP contribution in [0.2, 0.25) is 0 Å². The molecule has 0 aromatic heterocycles. The minimum atomic E-state index is -4.86. The number of carboxylic acids is 1. The average molecular weight is 285 g/mol. The second-order valence-corrected chi connectivity index (χ2v) is 4.55. The summed E-state index contributed by atoms with van der Waals surface area (Å²) >= 11 is 0. The molecule has 5 nitrogen and oxygen atoms in total. The molecular weight excluding hydrogens is 267 g/mol. The number of rotatable bonds is 7. The van der Waals surface area contributed by atoms with Gasteiger partial charge >= 0.3 is 18.1 Å². The number of methoxy groups -OCH3 is 1. The number of alkyl halides is 3. The molecule has 0 aliphatic carbocycles. The number of aliphatic carboxylic acids is 1. The first kappa shape index (κ1) is 17.7. The number of carbonyl (C=O) groups excluding carboxylic acids is 1. The number of nitrogens with one attached hydrogen (secondary N) is 1. The van der Waals surface area contributed by atoms with E-state index in [0.717, 1.165) is 7.11 Å². The minimum absolute atomic E-state index is 0.0470. The first-order chi connectivity index (χ1) is 8.59. The fourth-order valence-electron chi connectivity index (χ4n) is 1.48. The van der Waals surface area contributed by atoms with Crippen LogP contribution in [0.25, 0.3) is 0 Å². The average Bonchev–Trinajstić information content (AvgIpc) is 2.23. The highest BCUT2D eigenvalue weighted by atomic mass is 19.4. The van der Waals surface area contributed by atoms with E-state index in [2.05, 4.69) is 10.1 Å². The molecule has 0 spiro atoms. The van der Waals surface area contributed by atoms with Crippen LogP contribution in [0.4, 0.5) is 13.2 Å². The second kappa shape index (κ2) is 7.32. The van der Waals surface area contributed by atoms with Crippen molar-refractivity contribution < 1.29 is 32.6 Å². The molecule has 0 bridgehead atoms. The molecule has 8 heteroatoms. The van der Waals surface area contributed by atoms with Crippen molar-refractivity contribution in [1.29, 1.82) is 0 Å². The third-order valence-corrected chi connectivity index (χ3v) is 2.45. The van der Waals surface area contributed by atoms with E-state index in [4.69, 9.17) is 5.11 Å². The van der Waals surface area contributed by atoms with Gasteiger partial charge in [-0.15, -0.1) is 0 Å². The van der Waals surface area contributed by atoms with Crippen molar-refractivity contribution in [2.24, 2.45) is 11.8 Å². The Hall–Kier alpha value is -1.31. The van der Waals surface area contributed by atoms with E-state index in [1.54, 1.807) is 13.8 Å². The summed E-state index contributed by atoms with van der Waals surface area (Å²) in [7, 11) is 1.12. The van der Waals surface area contributed by atoms with Crippen molar-refractivity contribution in [2.45, 2.75) is 32.5 Å². The molecule has 0 saturated carbocycles. The quantitative estimate of drug-likeness (QED) is 0.692. The van der Waals surface area contributed by atoms with Gasteiger partial charge in [0, 0.05) is 6.54 Å². The zero-order chi connectivity index (χ0) is 15.2. The molecule has 0 rings (SSSR count). The summed E-state index contributed by atoms with van der Waals surface area (Å²) in [5.74, 6) is -5.19. The monoisotopic (exact) mass is 285 g/mol. The lowest BCUT2D eigenvalue weighted by Crippen LogP contribution is -2.46. The van der Waals surface area contributed by atoms with Crippen LogP contribution in [-0.4, -0.2) is 42.9 Å². The van der Waals surface area contributed by atoms with Gasteiger partial charge in [0.25, 0.3) is 0 Å². The van der Waals surface area contributed by atoms with Gasteiger partial charge in [-0.3, -0.25) is 9.59 Å². The van der Waals surface area contributed by atoms with Gasteiger partial charge < -0.3 is 15.2 Å².